The molecule has 0 atom stereocenters. The number of halogens is 1. The molecule has 0 radical (unpaired) electrons. The van der Waals surface area contributed by atoms with Crippen molar-refractivity contribution in [3.05, 3.63) is 21.3 Å². The molecule has 0 heterocycles. The van der Waals surface area contributed by atoms with Crippen molar-refractivity contribution in [2.75, 3.05) is 13.7 Å². The molecule has 104 valence electrons. The van der Waals surface area contributed by atoms with Gasteiger partial charge in [0.05, 0.1) is 23.5 Å². The van der Waals surface area contributed by atoms with Crippen molar-refractivity contribution < 1.29 is 9.47 Å². The molecule has 3 N–H and O–H groups in total. The fourth-order valence-corrected chi connectivity index (χ4v) is 2.16. The summed E-state index contributed by atoms with van der Waals surface area (Å²) in [5, 5.41) is 4.03. The van der Waals surface area contributed by atoms with E-state index in [0.717, 1.165) is 21.3 Å². The van der Waals surface area contributed by atoms with Crippen LogP contribution in [0.4, 0.5) is 0 Å². The molecule has 0 fully saturated rings. The predicted molar refractivity (Wildman–Crippen MR) is 89.0 cm³/mol. The zero-order valence-corrected chi connectivity index (χ0v) is 13.7. The summed E-state index contributed by atoms with van der Waals surface area (Å²) >= 11 is 6.86. The number of nitrogens with one attached hydrogen (secondary N) is 1. The highest BCUT2D eigenvalue weighted by atomic mass is 127. The number of nitrogens with zero attached hydrogens (tertiary/aromatic N) is 1. The van der Waals surface area contributed by atoms with Crippen LogP contribution in [0.2, 0.25) is 0 Å². The summed E-state index contributed by atoms with van der Waals surface area (Å²) in [6.45, 7) is 2.71. The summed E-state index contributed by atoms with van der Waals surface area (Å²) < 4.78 is 12.0. The first-order valence-corrected chi connectivity index (χ1v) is 7.16. The molecule has 0 aliphatic rings. The zero-order chi connectivity index (χ0) is 14.3. The number of rotatable bonds is 6. The second-order valence-electron chi connectivity index (χ2n) is 3.62. The Morgan fingerprint density at radius 2 is 2.32 bits per heavy atom. The first kappa shape index (κ1) is 16.0. The van der Waals surface area contributed by atoms with Gasteiger partial charge in [0.15, 0.2) is 16.6 Å². The van der Waals surface area contributed by atoms with Crippen LogP contribution in [0, 0.1) is 3.57 Å². The molecular formula is C12H16IN3O2S. The molecule has 0 unspecified atom stereocenters. The molecule has 0 saturated heterocycles. The first-order valence-electron chi connectivity index (χ1n) is 5.67. The summed E-state index contributed by atoms with van der Waals surface area (Å²) in [6, 6.07) is 3.79. The van der Waals surface area contributed by atoms with Crippen LogP contribution in [0.15, 0.2) is 17.2 Å². The van der Waals surface area contributed by atoms with Crippen LogP contribution in [0.25, 0.3) is 0 Å². The maximum Gasteiger partial charge on any atom is 0.184 e. The molecule has 0 aromatic heterocycles. The number of hydrogen-bond donors (Lipinski definition) is 2. The number of ether oxygens (including phenoxy) is 2. The molecule has 7 heteroatoms. The minimum absolute atomic E-state index is 0.126. The van der Waals surface area contributed by atoms with Crippen molar-refractivity contribution in [3.63, 3.8) is 0 Å². The Morgan fingerprint density at radius 3 is 2.89 bits per heavy atom. The highest BCUT2D eigenvalue weighted by Gasteiger charge is 2.10. The van der Waals surface area contributed by atoms with Gasteiger partial charge in [0.1, 0.15) is 0 Å². The minimum atomic E-state index is 0.126. The van der Waals surface area contributed by atoms with Crippen LogP contribution >= 0.6 is 34.8 Å². The monoisotopic (exact) mass is 393 g/mol. The molecule has 1 aromatic carbocycles. The van der Waals surface area contributed by atoms with Crippen molar-refractivity contribution in [1.29, 1.82) is 0 Å². The third-order valence-corrected chi connectivity index (χ3v) is 2.98. The normalized spacial score (nSPS) is 10.5. The lowest BCUT2D eigenvalue weighted by Crippen LogP contribution is -2.24. The number of thiocarbonyl (C=S) groups is 1. The Kier molecular flexibility index (Phi) is 6.85. The van der Waals surface area contributed by atoms with E-state index < -0.39 is 0 Å². The Hall–Kier alpha value is -1.09. The van der Waals surface area contributed by atoms with Crippen LogP contribution in [0.5, 0.6) is 11.5 Å². The van der Waals surface area contributed by atoms with Gasteiger partial charge in [-0.1, -0.05) is 6.92 Å². The average Bonchev–Trinajstić information content (AvgIpc) is 2.36. The van der Waals surface area contributed by atoms with E-state index in [4.69, 9.17) is 15.2 Å². The Morgan fingerprint density at radius 1 is 1.58 bits per heavy atom. The van der Waals surface area contributed by atoms with Gasteiger partial charge < -0.3 is 15.2 Å². The van der Waals surface area contributed by atoms with Crippen molar-refractivity contribution >= 4 is 46.1 Å². The Bertz CT molecular complexity index is 480. The molecule has 0 saturated carbocycles. The second kappa shape index (κ2) is 8.16. The third-order valence-electron chi connectivity index (χ3n) is 2.09. The Balaban J connectivity index is 2.95. The number of nitrogens with two attached hydrogens (primary N) is 1. The lowest BCUT2D eigenvalue weighted by molar-refractivity contribution is 0.292. The van der Waals surface area contributed by atoms with Gasteiger partial charge >= 0.3 is 0 Å². The first-order chi connectivity index (χ1) is 9.08. The van der Waals surface area contributed by atoms with Crippen LogP contribution in [-0.2, 0) is 0 Å². The molecule has 5 nitrogen and oxygen atoms in total. The molecule has 0 aliphatic heterocycles. The number of methoxy groups -OCH3 is 1. The van der Waals surface area contributed by atoms with E-state index in [2.05, 4.69) is 52.3 Å². The van der Waals surface area contributed by atoms with E-state index in [1.807, 2.05) is 12.1 Å². The summed E-state index contributed by atoms with van der Waals surface area (Å²) in [4.78, 5) is 0. The van der Waals surface area contributed by atoms with Gasteiger partial charge in [-0.25, -0.2) is 0 Å². The standard InChI is InChI=1S/C12H16IN3O2S/c1-3-4-18-11-9(13)5-8(6-10(11)17-2)7-15-16-12(14)19/h5-7H,3-4H2,1-2H3,(H3,14,16,19)/b15-7-. The van der Waals surface area contributed by atoms with E-state index in [0.29, 0.717) is 12.4 Å². The largest absolute Gasteiger partial charge is 0.493 e. The van der Waals surface area contributed by atoms with E-state index in [1.165, 1.54) is 0 Å². The van der Waals surface area contributed by atoms with E-state index in [1.54, 1.807) is 13.3 Å². The molecule has 0 bridgehead atoms. The molecule has 0 spiro atoms. The SMILES string of the molecule is CCCOc1c(I)cc(/C=N\NC(N)=S)cc1OC. The van der Waals surface area contributed by atoms with E-state index in [9.17, 15) is 0 Å². The van der Waals surface area contributed by atoms with Gasteiger partial charge in [-0.2, -0.15) is 5.10 Å². The number of hydrazone groups is 1. The molecule has 1 aromatic rings. The quantitative estimate of drug-likeness (QED) is 0.336. The van der Waals surface area contributed by atoms with Crippen molar-refractivity contribution in [2.45, 2.75) is 13.3 Å². The number of hydrogen-bond acceptors (Lipinski definition) is 4. The van der Waals surface area contributed by atoms with Gasteiger partial charge in [-0.05, 0) is 58.9 Å². The topological polar surface area (TPSA) is 68.9 Å². The van der Waals surface area contributed by atoms with Crippen LogP contribution in [0.1, 0.15) is 18.9 Å². The summed E-state index contributed by atoms with van der Waals surface area (Å²) in [5.74, 6) is 1.43. The van der Waals surface area contributed by atoms with Gasteiger partial charge in [0.25, 0.3) is 0 Å². The van der Waals surface area contributed by atoms with Crippen LogP contribution in [0.3, 0.4) is 0 Å². The van der Waals surface area contributed by atoms with Crippen molar-refractivity contribution in [3.8, 4) is 11.5 Å². The van der Waals surface area contributed by atoms with Crippen molar-refractivity contribution in [2.24, 2.45) is 10.8 Å². The van der Waals surface area contributed by atoms with Gasteiger partial charge in [0.2, 0.25) is 0 Å². The minimum Gasteiger partial charge on any atom is -0.493 e. The molecule has 1 rings (SSSR count). The summed E-state index contributed by atoms with van der Waals surface area (Å²) in [5.41, 5.74) is 8.66. The van der Waals surface area contributed by atoms with E-state index >= 15 is 0 Å². The summed E-state index contributed by atoms with van der Waals surface area (Å²) in [6.07, 6.45) is 2.56. The highest BCUT2D eigenvalue weighted by molar-refractivity contribution is 14.1. The Labute approximate surface area is 131 Å². The lowest BCUT2D eigenvalue weighted by Gasteiger charge is -2.12. The molecular weight excluding hydrogens is 377 g/mol. The fourth-order valence-electron chi connectivity index (χ4n) is 1.33. The molecule has 19 heavy (non-hydrogen) atoms. The fraction of sp³-hybridized carbons (Fsp3) is 0.333. The van der Waals surface area contributed by atoms with Crippen LogP contribution < -0.4 is 20.6 Å². The lowest BCUT2D eigenvalue weighted by atomic mass is 10.2. The molecule has 0 amide bonds. The third kappa shape index (κ3) is 5.19. The summed E-state index contributed by atoms with van der Waals surface area (Å²) in [7, 11) is 1.61. The van der Waals surface area contributed by atoms with E-state index in [-0.39, 0.29) is 5.11 Å². The highest BCUT2D eigenvalue weighted by Crippen LogP contribution is 2.33. The van der Waals surface area contributed by atoms with Crippen LogP contribution in [-0.4, -0.2) is 25.0 Å². The number of benzene rings is 1. The van der Waals surface area contributed by atoms with Gasteiger partial charge in [-0.3, -0.25) is 5.43 Å². The second-order valence-corrected chi connectivity index (χ2v) is 5.22. The van der Waals surface area contributed by atoms with Gasteiger partial charge in [0, 0.05) is 0 Å². The maximum absolute atomic E-state index is 5.67. The predicted octanol–water partition coefficient (Wildman–Crippen LogP) is 2.26. The average molecular weight is 393 g/mol. The molecule has 0 aliphatic carbocycles. The smallest absolute Gasteiger partial charge is 0.184 e. The zero-order valence-electron chi connectivity index (χ0n) is 10.8. The van der Waals surface area contributed by atoms with Crippen molar-refractivity contribution in [1.82, 2.24) is 5.43 Å². The van der Waals surface area contributed by atoms with Gasteiger partial charge in [-0.15, -0.1) is 0 Å². The maximum atomic E-state index is 5.67.